The number of benzene rings is 2. The van der Waals surface area contributed by atoms with E-state index >= 15 is 0 Å². The fraction of sp³-hybridized carbons (Fsp3) is 0.136. The number of anilines is 1. The molecule has 3 rings (SSSR count). The monoisotopic (exact) mass is 515 g/mol. The van der Waals surface area contributed by atoms with E-state index in [-0.39, 0.29) is 22.7 Å². The number of hydrogen-bond donors (Lipinski definition) is 2. The van der Waals surface area contributed by atoms with Crippen LogP contribution in [0.5, 0.6) is 23.0 Å². The lowest BCUT2D eigenvalue weighted by atomic mass is 10.2. The van der Waals surface area contributed by atoms with Crippen LogP contribution in [-0.4, -0.2) is 30.3 Å². The van der Waals surface area contributed by atoms with Crippen molar-refractivity contribution in [3.63, 3.8) is 0 Å². The maximum atomic E-state index is 13.3. The van der Waals surface area contributed by atoms with E-state index in [4.69, 9.17) is 15.2 Å². The number of methoxy groups -OCH3 is 1. The number of pyridine rings is 1. The summed E-state index contributed by atoms with van der Waals surface area (Å²) in [5.74, 6) is -3.84. The third-order valence-corrected chi connectivity index (χ3v) is 4.39. The smallest absolute Gasteiger partial charge is 0.493 e. The molecule has 0 saturated heterocycles. The summed E-state index contributed by atoms with van der Waals surface area (Å²) >= 11 is 0. The summed E-state index contributed by atoms with van der Waals surface area (Å²) in [4.78, 5) is 27.7. The van der Waals surface area contributed by atoms with Gasteiger partial charge in [-0.25, -0.2) is 4.98 Å². The van der Waals surface area contributed by atoms with E-state index in [9.17, 15) is 35.9 Å². The quantitative estimate of drug-likeness (QED) is 0.421. The van der Waals surface area contributed by atoms with Crippen LogP contribution < -0.4 is 25.3 Å². The molecular formula is C22H15F6N3O5. The minimum Gasteiger partial charge on any atom is -0.493 e. The van der Waals surface area contributed by atoms with Crippen molar-refractivity contribution < 1.29 is 50.1 Å². The van der Waals surface area contributed by atoms with Gasteiger partial charge in [0.25, 0.3) is 5.91 Å². The number of primary amides is 1. The van der Waals surface area contributed by atoms with Gasteiger partial charge in [0.1, 0.15) is 5.75 Å². The van der Waals surface area contributed by atoms with Crippen molar-refractivity contribution in [3.8, 4) is 23.0 Å². The van der Waals surface area contributed by atoms with Crippen LogP contribution in [0.2, 0.25) is 0 Å². The summed E-state index contributed by atoms with van der Waals surface area (Å²) in [5.41, 5.74) is 3.45. The molecule has 2 amide bonds. The predicted molar refractivity (Wildman–Crippen MR) is 112 cm³/mol. The van der Waals surface area contributed by atoms with Crippen LogP contribution in [0, 0.1) is 0 Å². The van der Waals surface area contributed by atoms with Crippen molar-refractivity contribution in [2.45, 2.75) is 12.5 Å². The van der Waals surface area contributed by atoms with Crippen molar-refractivity contribution in [1.29, 1.82) is 0 Å². The molecule has 0 atom stereocenters. The van der Waals surface area contributed by atoms with Gasteiger partial charge < -0.3 is 25.3 Å². The first-order chi connectivity index (χ1) is 16.8. The van der Waals surface area contributed by atoms with Crippen molar-refractivity contribution >= 4 is 17.5 Å². The number of nitrogens with zero attached hydrogens (tertiary/aromatic N) is 1. The number of carbonyl (C=O) groups is 2. The number of carbonyl (C=O) groups excluding carboxylic acids is 2. The van der Waals surface area contributed by atoms with Crippen molar-refractivity contribution in [2.24, 2.45) is 5.73 Å². The van der Waals surface area contributed by atoms with Crippen molar-refractivity contribution in [3.05, 3.63) is 71.5 Å². The second-order valence-corrected chi connectivity index (χ2v) is 6.93. The fourth-order valence-electron chi connectivity index (χ4n) is 2.84. The molecule has 0 unspecified atom stereocenters. The molecule has 2 aromatic carbocycles. The number of ether oxygens (including phenoxy) is 3. The zero-order valence-corrected chi connectivity index (χ0v) is 18.0. The highest BCUT2D eigenvalue weighted by molar-refractivity contribution is 6.05. The van der Waals surface area contributed by atoms with Gasteiger partial charge in [-0.3, -0.25) is 9.59 Å². The van der Waals surface area contributed by atoms with Crippen molar-refractivity contribution in [2.75, 3.05) is 12.4 Å². The molecule has 0 aliphatic heterocycles. The SMILES string of the molecule is COc1cc(OC(F)(F)F)ccc1Oc1cc(C(F)(F)F)cnc1C(=O)Nc1cccc(C(N)=O)c1. The molecule has 14 heteroatoms. The Morgan fingerprint density at radius 2 is 1.67 bits per heavy atom. The third-order valence-electron chi connectivity index (χ3n) is 4.39. The molecule has 0 spiro atoms. The topological polar surface area (TPSA) is 113 Å². The molecular weight excluding hydrogens is 500 g/mol. The molecule has 190 valence electrons. The van der Waals surface area contributed by atoms with Crippen LogP contribution in [0.1, 0.15) is 26.4 Å². The Bertz CT molecular complexity index is 1290. The minimum atomic E-state index is -5.00. The van der Waals surface area contributed by atoms with Gasteiger partial charge in [0, 0.05) is 23.5 Å². The van der Waals surface area contributed by atoms with Crippen LogP contribution in [0.15, 0.2) is 54.7 Å². The Morgan fingerprint density at radius 3 is 2.28 bits per heavy atom. The lowest BCUT2D eigenvalue weighted by molar-refractivity contribution is -0.274. The van der Waals surface area contributed by atoms with Crippen LogP contribution >= 0.6 is 0 Å². The van der Waals surface area contributed by atoms with Crippen LogP contribution in [-0.2, 0) is 6.18 Å². The third kappa shape index (κ3) is 6.55. The number of aromatic nitrogens is 1. The van der Waals surface area contributed by atoms with E-state index in [0.717, 1.165) is 25.3 Å². The fourth-order valence-corrected chi connectivity index (χ4v) is 2.84. The molecule has 0 aliphatic carbocycles. The summed E-state index contributed by atoms with van der Waals surface area (Å²) in [7, 11) is 1.07. The molecule has 0 radical (unpaired) electrons. The molecule has 0 bridgehead atoms. The molecule has 1 heterocycles. The average Bonchev–Trinajstić information content (AvgIpc) is 2.78. The van der Waals surface area contributed by atoms with Gasteiger partial charge in [0.2, 0.25) is 5.91 Å². The second kappa shape index (κ2) is 10.0. The van der Waals surface area contributed by atoms with E-state index in [1.165, 1.54) is 24.3 Å². The first-order valence-electron chi connectivity index (χ1n) is 9.67. The van der Waals surface area contributed by atoms with Crippen LogP contribution in [0.3, 0.4) is 0 Å². The Morgan fingerprint density at radius 1 is 0.944 bits per heavy atom. The molecule has 0 aliphatic rings. The molecule has 0 saturated carbocycles. The molecule has 0 fully saturated rings. The van der Waals surface area contributed by atoms with Gasteiger partial charge in [-0.05, 0) is 36.4 Å². The normalized spacial score (nSPS) is 11.5. The largest absolute Gasteiger partial charge is 0.573 e. The Kier molecular flexibility index (Phi) is 7.27. The Balaban J connectivity index is 1.99. The number of nitrogens with one attached hydrogen (secondary N) is 1. The van der Waals surface area contributed by atoms with Gasteiger partial charge >= 0.3 is 12.5 Å². The van der Waals surface area contributed by atoms with E-state index in [0.29, 0.717) is 12.3 Å². The number of alkyl halides is 6. The molecule has 36 heavy (non-hydrogen) atoms. The highest BCUT2D eigenvalue weighted by Gasteiger charge is 2.34. The number of rotatable bonds is 7. The van der Waals surface area contributed by atoms with Gasteiger partial charge in [-0.2, -0.15) is 13.2 Å². The number of nitrogens with two attached hydrogens (primary N) is 1. The number of halogens is 6. The standard InChI is InChI=1S/C22H15F6N3O5/c1-34-16-9-14(36-22(26,27)28)5-6-15(16)35-17-8-12(21(23,24)25)10-30-18(17)20(33)31-13-4-2-3-11(7-13)19(29)32/h2-10H,1H3,(H2,29,32)(H,31,33). The second-order valence-electron chi connectivity index (χ2n) is 6.93. The highest BCUT2D eigenvalue weighted by atomic mass is 19.4. The van der Waals surface area contributed by atoms with Crippen LogP contribution in [0.25, 0.3) is 0 Å². The maximum absolute atomic E-state index is 13.3. The minimum absolute atomic E-state index is 0.0514. The van der Waals surface area contributed by atoms with E-state index in [2.05, 4.69) is 15.0 Å². The Hall–Kier alpha value is -4.49. The summed E-state index contributed by atoms with van der Waals surface area (Å²) < 4.78 is 91.4. The summed E-state index contributed by atoms with van der Waals surface area (Å²) in [6, 6.07) is 8.45. The number of amides is 2. The molecule has 8 nitrogen and oxygen atoms in total. The molecule has 3 aromatic rings. The van der Waals surface area contributed by atoms with E-state index in [1.54, 1.807) is 0 Å². The first-order valence-corrected chi connectivity index (χ1v) is 9.67. The van der Waals surface area contributed by atoms with Crippen LogP contribution in [0.4, 0.5) is 32.0 Å². The van der Waals surface area contributed by atoms with E-state index < -0.39 is 47.1 Å². The van der Waals surface area contributed by atoms with E-state index in [1.807, 2.05) is 0 Å². The number of hydrogen-bond acceptors (Lipinski definition) is 6. The Labute approximate surface area is 198 Å². The summed E-state index contributed by atoms with van der Waals surface area (Å²) in [6.45, 7) is 0. The van der Waals surface area contributed by atoms with Gasteiger partial charge in [-0.1, -0.05) is 6.07 Å². The highest BCUT2D eigenvalue weighted by Crippen LogP contribution is 2.39. The molecule has 1 aromatic heterocycles. The first kappa shape index (κ1) is 26.1. The molecule has 3 N–H and O–H groups in total. The summed E-state index contributed by atoms with van der Waals surface area (Å²) in [5, 5.41) is 2.35. The zero-order chi connectivity index (χ0) is 26.7. The average molecular weight is 515 g/mol. The summed E-state index contributed by atoms with van der Waals surface area (Å²) in [6.07, 6.45) is -9.46. The predicted octanol–water partition coefficient (Wildman–Crippen LogP) is 5.15. The lowest BCUT2D eigenvalue weighted by Gasteiger charge is -2.16. The van der Waals surface area contributed by atoms with Gasteiger partial charge in [-0.15, -0.1) is 13.2 Å². The lowest BCUT2D eigenvalue weighted by Crippen LogP contribution is -2.18. The van der Waals surface area contributed by atoms with Crippen molar-refractivity contribution in [1.82, 2.24) is 4.98 Å². The maximum Gasteiger partial charge on any atom is 0.573 e. The zero-order valence-electron chi connectivity index (χ0n) is 18.0. The van der Waals surface area contributed by atoms with Gasteiger partial charge in [0.15, 0.2) is 22.9 Å². The van der Waals surface area contributed by atoms with Gasteiger partial charge in [0.05, 0.1) is 12.7 Å².